The van der Waals surface area contributed by atoms with Gasteiger partial charge in [-0.15, -0.1) is 0 Å². The molecule has 0 spiro atoms. The zero-order valence-corrected chi connectivity index (χ0v) is 10.1. The summed E-state index contributed by atoms with van der Waals surface area (Å²) >= 11 is 0. The number of rotatable bonds is 0. The Labute approximate surface area is 82.7 Å². The molecule has 0 atom stereocenters. The molecule has 0 radical (unpaired) electrons. The van der Waals surface area contributed by atoms with Gasteiger partial charge in [0.15, 0.2) is 0 Å². The summed E-state index contributed by atoms with van der Waals surface area (Å²) in [6.07, 6.45) is 0. The molecule has 1 nitrogen and oxygen atoms in total. The van der Waals surface area contributed by atoms with Crippen LogP contribution in [0.3, 0.4) is 0 Å². The highest BCUT2D eigenvalue weighted by Crippen LogP contribution is 1.84. The molecule has 0 aliphatic rings. The third-order valence-corrected chi connectivity index (χ3v) is 0. The highest BCUT2D eigenvalue weighted by Gasteiger charge is 2.00. The monoisotopic (exact) mass is 311 g/mol. The van der Waals surface area contributed by atoms with Gasteiger partial charge in [-0.25, -0.2) is 0 Å². The highest BCUT2D eigenvalue weighted by molar-refractivity contribution is 4.48. The van der Waals surface area contributed by atoms with Crippen molar-refractivity contribution in [3.63, 3.8) is 0 Å². The van der Waals surface area contributed by atoms with Crippen molar-refractivity contribution in [2.45, 2.75) is 26.3 Å². The fourth-order valence-electron chi connectivity index (χ4n) is 0. The van der Waals surface area contributed by atoms with Gasteiger partial charge < -0.3 is 56.7 Å². The largest absolute Gasteiger partial charge is 1.00 e. The van der Waals surface area contributed by atoms with E-state index in [-0.39, 0.29) is 56.5 Å². The predicted molar refractivity (Wildman–Crippen MR) is 22.6 cm³/mol. The first kappa shape index (κ1) is 22.7. The van der Waals surface area contributed by atoms with Crippen LogP contribution < -0.4 is 56.7 Å². The second kappa shape index (κ2) is 8.40. The van der Waals surface area contributed by atoms with Gasteiger partial charge in [0.1, 0.15) is 0 Å². The van der Waals surface area contributed by atoms with Crippen LogP contribution in [-0.2, 0) is 0 Å². The minimum atomic E-state index is 0. The van der Waals surface area contributed by atoms with Crippen molar-refractivity contribution in [2.24, 2.45) is 0 Å². The topological polar surface area (TPSA) is 27.6 Å². The van der Waals surface area contributed by atoms with E-state index in [9.17, 15) is 0 Å². The summed E-state index contributed by atoms with van der Waals surface area (Å²) in [5.41, 5.74) is 4.02. The molecule has 0 bridgehead atoms. The Bertz CT molecular complexity index is 26.8. The van der Waals surface area contributed by atoms with Gasteiger partial charge in [0.05, 0.1) is 5.54 Å². The Morgan fingerprint density at radius 1 is 0.875 bits per heavy atom. The zero-order valence-electron chi connectivity index (χ0n) is 5.34. The maximum absolute atomic E-state index is 3.77. The minimum absolute atomic E-state index is 0. The molecule has 0 heterocycles. The van der Waals surface area contributed by atoms with Crippen LogP contribution in [0.2, 0.25) is 0 Å². The van der Waals surface area contributed by atoms with E-state index >= 15 is 0 Å². The van der Waals surface area contributed by atoms with Crippen LogP contribution in [-0.4, -0.2) is 5.54 Å². The smallest absolute Gasteiger partial charge is 0.0860 e. The molecule has 0 saturated carbocycles. The Hall–Kier alpha value is 1.40. The minimum Gasteiger partial charge on any atom is -1.00 e. The zero-order chi connectivity index (χ0) is 4.50. The summed E-state index contributed by atoms with van der Waals surface area (Å²) in [6, 6.07) is 0. The summed E-state index contributed by atoms with van der Waals surface area (Å²) in [4.78, 5) is 0. The van der Waals surface area contributed by atoms with E-state index in [1.54, 1.807) is 0 Å². The van der Waals surface area contributed by atoms with E-state index in [1.165, 1.54) is 0 Å². The molecule has 3 N–H and O–H groups in total. The number of hydrogen-bond acceptors (Lipinski definition) is 0. The van der Waals surface area contributed by atoms with E-state index < -0.39 is 0 Å². The highest BCUT2D eigenvalue weighted by atomic mass is 79.9. The van der Waals surface area contributed by atoms with Crippen LogP contribution in [0.1, 0.15) is 20.8 Å². The van der Waals surface area contributed by atoms with Crippen molar-refractivity contribution in [1.82, 2.24) is 0 Å². The van der Waals surface area contributed by atoms with Gasteiger partial charge in [-0.3, -0.25) is 0 Å². The molecule has 0 aliphatic heterocycles. The number of hydrogen-bond donors (Lipinski definition) is 1. The van der Waals surface area contributed by atoms with Gasteiger partial charge in [0.2, 0.25) is 0 Å². The van der Waals surface area contributed by atoms with Crippen molar-refractivity contribution in [1.29, 1.82) is 0 Å². The lowest BCUT2D eigenvalue weighted by molar-refractivity contribution is -0.458. The van der Waals surface area contributed by atoms with Gasteiger partial charge >= 0.3 is 0 Å². The summed E-state index contributed by atoms with van der Waals surface area (Å²) in [7, 11) is 0. The van der Waals surface area contributed by atoms with Crippen molar-refractivity contribution in [3.05, 3.63) is 0 Å². The Morgan fingerprint density at radius 2 is 0.875 bits per heavy atom. The summed E-state index contributed by atoms with van der Waals surface area (Å²) in [6.45, 7) is 6.23. The van der Waals surface area contributed by atoms with Gasteiger partial charge in [-0.1, -0.05) is 0 Å². The maximum Gasteiger partial charge on any atom is 0.0860 e. The average molecular weight is 314 g/mol. The molecule has 56 valence electrons. The third kappa shape index (κ3) is 155. The molecule has 0 rings (SSSR count). The SMILES string of the molecule is CC(C)(C)[NH3+].[Br-].[Br-].[Br-]. The lowest BCUT2D eigenvalue weighted by Gasteiger charge is -2.01. The lowest BCUT2D eigenvalue weighted by atomic mass is 10.1. The van der Waals surface area contributed by atoms with E-state index in [1.807, 2.05) is 0 Å². The van der Waals surface area contributed by atoms with Gasteiger partial charge in [-0.2, -0.15) is 0 Å². The quantitative estimate of drug-likeness (QED) is 0.460. The predicted octanol–water partition coefficient (Wildman–Crippen LogP) is -8.96. The second-order valence-corrected chi connectivity index (χ2v) is 2.56. The van der Waals surface area contributed by atoms with Crippen molar-refractivity contribution in [2.75, 3.05) is 0 Å². The molecular weight excluding hydrogens is 302 g/mol. The van der Waals surface area contributed by atoms with E-state index in [2.05, 4.69) is 26.5 Å². The van der Waals surface area contributed by atoms with Crippen LogP contribution >= 0.6 is 0 Å². The lowest BCUT2D eigenvalue weighted by Crippen LogP contribution is -3.00. The van der Waals surface area contributed by atoms with Gasteiger partial charge in [-0.05, 0) is 20.8 Å². The molecule has 0 fully saturated rings. The first-order valence-corrected chi connectivity index (χ1v) is 1.85. The standard InChI is InChI=1S/C4H11N.3BrH/c1-4(2,3)5;;;/h5H2,1-3H3;3*1H/p-2. The fraction of sp³-hybridized carbons (Fsp3) is 1.00. The maximum atomic E-state index is 3.77. The second-order valence-electron chi connectivity index (χ2n) is 2.56. The van der Waals surface area contributed by atoms with Crippen LogP contribution in [0.15, 0.2) is 0 Å². The third-order valence-electron chi connectivity index (χ3n) is 0. The normalized spacial score (nSPS) is 7.50. The molecule has 0 unspecified atom stereocenters. The molecule has 0 aromatic carbocycles. The molecule has 8 heavy (non-hydrogen) atoms. The summed E-state index contributed by atoms with van der Waals surface area (Å²) < 4.78 is 0. The van der Waals surface area contributed by atoms with Crippen LogP contribution in [0.4, 0.5) is 0 Å². The summed E-state index contributed by atoms with van der Waals surface area (Å²) in [5.74, 6) is 0. The van der Waals surface area contributed by atoms with Crippen molar-refractivity contribution < 1.29 is 56.7 Å². The van der Waals surface area contributed by atoms with E-state index in [0.717, 1.165) is 0 Å². The van der Waals surface area contributed by atoms with Crippen molar-refractivity contribution >= 4 is 0 Å². The molecule has 0 aliphatic carbocycles. The molecule has 0 saturated heterocycles. The van der Waals surface area contributed by atoms with Crippen molar-refractivity contribution in [3.8, 4) is 0 Å². The molecule has 0 aromatic heterocycles. The van der Waals surface area contributed by atoms with E-state index in [0.29, 0.717) is 0 Å². The molecular formula is C4H12Br3N-2. The molecule has 4 heteroatoms. The van der Waals surface area contributed by atoms with Crippen LogP contribution in [0.25, 0.3) is 0 Å². The molecule has 0 amide bonds. The number of quaternary nitrogens is 1. The van der Waals surface area contributed by atoms with Crippen LogP contribution in [0.5, 0.6) is 0 Å². The Morgan fingerprint density at radius 3 is 0.875 bits per heavy atom. The van der Waals surface area contributed by atoms with Gasteiger partial charge in [0.25, 0.3) is 0 Å². The Balaban J connectivity index is -0.0000000267. The van der Waals surface area contributed by atoms with Gasteiger partial charge in [0, 0.05) is 0 Å². The first-order chi connectivity index (χ1) is 2.00. The van der Waals surface area contributed by atoms with E-state index in [4.69, 9.17) is 0 Å². The van der Waals surface area contributed by atoms with Crippen LogP contribution in [0, 0.1) is 0 Å². The first-order valence-electron chi connectivity index (χ1n) is 1.85. The molecule has 0 aromatic rings. The fourth-order valence-corrected chi connectivity index (χ4v) is 0. The summed E-state index contributed by atoms with van der Waals surface area (Å²) in [5, 5.41) is 0. The number of halogens is 3. The Kier molecular flexibility index (Phi) is 23.9. The average Bonchev–Trinajstić information content (AvgIpc) is 0.722.